The summed E-state index contributed by atoms with van der Waals surface area (Å²) in [5, 5.41) is 11.8. The van der Waals surface area contributed by atoms with E-state index in [9.17, 15) is 4.79 Å². The number of rotatable bonds is 4. The Morgan fingerprint density at radius 2 is 2.47 bits per heavy atom. The number of carbonyl (C=O) groups is 1. The number of thiophene rings is 1. The van der Waals surface area contributed by atoms with Gasteiger partial charge in [0.05, 0.1) is 6.42 Å². The molecular formula is C12H13N3OS. The average Bonchev–Trinajstić information content (AvgIpc) is 2.84. The topological polar surface area (TPSA) is 57.8 Å². The van der Waals surface area contributed by atoms with Crippen molar-refractivity contribution >= 4 is 23.1 Å². The molecule has 0 aromatic carbocycles. The predicted molar refractivity (Wildman–Crippen MR) is 67.2 cm³/mol. The highest BCUT2D eigenvalue weighted by Gasteiger charge is 2.25. The van der Waals surface area contributed by atoms with Crippen molar-refractivity contribution in [2.75, 3.05) is 5.32 Å². The zero-order chi connectivity index (χ0) is 11.7. The van der Waals surface area contributed by atoms with Gasteiger partial charge >= 0.3 is 0 Å². The van der Waals surface area contributed by atoms with E-state index in [4.69, 9.17) is 0 Å². The van der Waals surface area contributed by atoms with E-state index < -0.39 is 0 Å². The number of hydrogen-bond acceptors (Lipinski definition) is 3. The maximum atomic E-state index is 11.7. The lowest BCUT2D eigenvalue weighted by atomic mass is 10.3. The fraction of sp³-hybridized carbons (Fsp3) is 0.333. The van der Waals surface area contributed by atoms with Gasteiger partial charge in [-0.25, -0.2) is 0 Å². The van der Waals surface area contributed by atoms with Crippen molar-refractivity contribution in [2.45, 2.75) is 25.2 Å². The van der Waals surface area contributed by atoms with E-state index in [-0.39, 0.29) is 5.91 Å². The standard InChI is InChI=1S/C12H13N3OS/c16-12(6-9-2-1-5-17-9)13-11-7-10(14-15-11)8-3-4-8/h1-2,5,7-8H,3-4,6H2,(H2,13,14,15,16). The first kappa shape index (κ1) is 10.5. The molecule has 0 bridgehead atoms. The smallest absolute Gasteiger partial charge is 0.230 e. The second-order valence-corrected chi connectivity index (χ2v) is 5.32. The maximum Gasteiger partial charge on any atom is 0.230 e. The van der Waals surface area contributed by atoms with Crippen LogP contribution in [-0.4, -0.2) is 16.1 Å². The largest absolute Gasteiger partial charge is 0.309 e. The molecule has 1 aliphatic carbocycles. The van der Waals surface area contributed by atoms with Crippen molar-refractivity contribution in [3.8, 4) is 0 Å². The first-order valence-electron chi connectivity index (χ1n) is 5.69. The number of aromatic amines is 1. The van der Waals surface area contributed by atoms with Gasteiger partial charge in [-0.2, -0.15) is 5.10 Å². The van der Waals surface area contributed by atoms with Gasteiger partial charge in [0.25, 0.3) is 0 Å². The molecule has 17 heavy (non-hydrogen) atoms. The number of nitrogens with one attached hydrogen (secondary N) is 2. The minimum Gasteiger partial charge on any atom is -0.309 e. The summed E-state index contributed by atoms with van der Waals surface area (Å²) in [7, 11) is 0. The minimum absolute atomic E-state index is 0.0127. The van der Waals surface area contributed by atoms with Crippen LogP contribution >= 0.6 is 11.3 Å². The van der Waals surface area contributed by atoms with Crippen LogP contribution in [0.1, 0.15) is 29.3 Å². The van der Waals surface area contributed by atoms with Gasteiger partial charge in [-0.15, -0.1) is 11.3 Å². The molecule has 0 spiro atoms. The van der Waals surface area contributed by atoms with Crippen molar-refractivity contribution in [2.24, 2.45) is 0 Å². The van der Waals surface area contributed by atoms with E-state index in [2.05, 4.69) is 15.5 Å². The second kappa shape index (κ2) is 4.33. The van der Waals surface area contributed by atoms with Crippen LogP contribution in [0.4, 0.5) is 5.82 Å². The van der Waals surface area contributed by atoms with Crippen LogP contribution in [0, 0.1) is 0 Å². The summed E-state index contributed by atoms with van der Waals surface area (Å²) in [5.74, 6) is 1.25. The number of H-pyrrole nitrogens is 1. The number of anilines is 1. The van der Waals surface area contributed by atoms with Crippen LogP contribution in [0.5, 0.6) is 0 Å². The molecule has 0 radical (unpaired) electrons. The highest BCUT2D eigenvalue weighted by molar-refractivity contribution is 7.10. The molecule has 5 heteroatoms. The molecule has 4 nitrogen and oxygen atoms in total. The normalized spacial score (nSPS) is 14.8. The Morgan fingerprint density at radius 1 is 1.59 bits per heavy atom. The quantitative estimate of drug-likeness (QED) is 0.872. The molecule has 0 unspecified atom stereocenters. The highest BCUT2D eigenvalue weighted by Crippen LogP contribution is 2.39. The molecule has 1 saturated carbocycles. The monoisotopic (exact) mass is 247 g/mol. The highest BCUT2D eigenvalue weighted by atomic mass is 32.1. The Labute approximate surface area is 103 Å². The second-order valence-electron chi connectivity index (χ2n) is 4.29. The third kappa shape index (κ3) is 2.55. The summed E-state index contributed by atoms with van der Waals surface area (Å²) in [6.45, 7) is 0. The minimum atomic E-state index is -0.0127. The molecule has 2 heterocycles. The molecule has 1 aliphatic rings. The lowest BCUT2D eigenvalue weighted by Crippen LogP contribution is -2.13. The number of carbonyl (C=O) groups excluding carboxylic acids is 1. The molecule has 2 aromatic rings. The first-order chi connectivity index (χ1) is 8.31. The Balaban J connectivity index is 1.59. The lowest BCUT2D eigenvalue weighted by molar-refractivity contribution is -0.115. The summed E-state index contributed by atoms with van der Waals surface area (Å²) in [6.07, 6.45) is 2.87. The van der Waals surface area contributed by atoms with Gasteiger partial charge in [-0.1, -0.05) is 6.07 Å². The number of aromatic nitrogens is 2. The van der Waals surface area contributed by atoms with Gasteiger partial charge < -0.3 is 5.32 Å². The van der Waals surface area contributed by atoms with Crippen LogP contribution in [0.15, 0.2) is 23.6 Å². The molecule has 2 aromatic heterocycles. The Morgan fingerprint density at radius 3 is 3.18 bits per heavy atom. The van der Waals surface area contributed by atoms with Crippen LogP contribution in [-0.2, 0) is 11.2 Å². The van der Waals surface area contributed by atoms with Gasteiger partial charge in [0, 0.05) is 22.6 Å². The van der Waals surface area contributed by atoms with E-state index >= 15 is 0 Å². The number of amides is 1. The van der Waals surface area contributed by atoms with Crippen molar-refractivity contribution < 1.29 is 4.79 Å². The summed E-state index contributed by atoms with van der Waals surface area (Å²) in [5.41, 5.74) is 1.14. The van der Waals surface area contributed by atoms with E-state index in [0.717, 1.165) is 10.6 Å². The van der Waals surface area contributed by atoms with E-state index in [0.29, 0.717) is 18.2 Å². The zero-order valence-electron chi connectivity index (χ0n) is 9.27. The summed E-state index contributed by atoms with van der Waals surface area (Å²) in [6, 6.07) is 5.85. The van der Waals surface area contributed by atoms with E-state index in [1.54, 1.807) is 11.3 Å². The van der Waals surface area contributed by atoms with Crippen molar-refractivity contribution in [3.63, 3.8) is 0 Å². The SMILES string of the molecule is O=C(Cc1cccs1)Nc1cc(C2CC2)[nH]n1. The van der Waals surface area contributed by atoms with Gasteiger partial charge in [0.2, 0.25) is 5.91 Å². The van der Waals surface area contributed by atoms with Crippen molar-refractivity contribution in [1.29, 1.82) is 0 Å². The third-order valence-corrected chi connectivity index (χ3v) is 3.67. The van der Waals surface area contributed by atoms with Gasteiger partial charge in [-0.05, 0) is 24.3 Å². The fourth-order valence-corrected chi connectivity index (χ4v) is 2.47. The van der Waals surface area contributed by atoms with E-state index in [1.807, 2.05) is 23.6 Å². The molecule has 0 atom stereocenters. The van der Waals surface area contributed by atoms with Gasteiger partial charge in [0.1, 0.15) is 0 Å². The molecule has 1 fully saturated rings. The third-order valence-electron chi connectivity index (χ3n) is 2.80. The fourth-order valence-electron chi connectivity index (χ4n) is 1.76. The Kier molecular flexibility index (Phi) is 2.68. The van der Waals surface area contributed by atoms with Crippen LogP contribution in [0.3, 0.4) is 0 Å². The van der Waals surface area contributed by atoms with Crippen LogP contribution in [0.2, 0.25) is 0 Å². The van der Waals surface area contributed by atoms with Crippen LogP contribution < -0.4 is 5.32 Å². The van der Waals surface area contributed by atoms with Crippen molar-refractivity contribution in [1.82, 2.24) is 10.2 Å². The molecule has 0 aliphatic heterocycles. The first-order valence-corrected chi connectivity index (χ1v) is 6.57. The molecule has 2 N–H and O–H groups in total. The summed E-state index contributed by atoms with van der Waals surface area (Å²) in [4.78, 5) is 12.8. The summed E-state index contributed by atoms with van der Waals surface area (Å²) >= 11 is 1.59. The van der Waals surface area contributed by atoms with Crippen molar-refractivity contribution in [3.05, 3.63) is 34.2 Å². The lowest BCUT2D eigenvalue weighted by Gasteiger charge is -1.98. The Hall–Kier alpha value is -1.62. The molecule has 0 saturated heterocycles. The van der Waals surface area contributed by atoms with E-state index in [1.165, 1.54) is 12.8 Å². The van der Waals surface area contributed by atoms with Crippen LogP contribution in [0.25, 0.3) is 0 Å². The molecule has 3 rings (SSSR count). The Bertz CT molecular complexity index is 514. The zero-order valence-corrected chi connectivity index (χ0v) is 10.1. The molecule has 1 amide bonds. The number of nitrogens with zero attached hydrogens (tertiary/aromatic N) is 1. The predicted octanol–water partition coefficient (Wildman–Crippen LogP) is 2.53. The average molecular weight is 247 g/mol. The van der Waals surface area contributed by atoms with Gasteiger partial charge in [-0.3, -0.25) is 9.89 Å². The molecule has 88 valence electrons. The molecular weight excluding hydrogens is 234 g/mol. The van der Waals surface area contributed by atoms with Gasteiger partial charge in [0.15, 0.2) is 5.82 Å². The summed E-state index contributed by atoms with van der Waals surface area (Å²) < 4.78 is 0. The number of hydrogen-bond donors (Lipinski definition) is 2. The maximum absolute atomic E-state index is 11.7.